The molecule has 1 aliphatic rings. The van der Waals surface area contributed by atoms with Crippen LogP contribution in [0.5, 0.6) is 0 Å². The molecule has 0 radical (unpaired) electrons. The molecule has 1 aliphatic carbocycles. The summed E-state index contributed by atoms with van der Waals surface area (Å²) in [7, 11) is 0. The van der Waals surface area contributed by atoms with Gasteiger partial charge in [0.15, 0.2) is 0 Å². The Labute approximate surface area is 201 Å². The van der Waals surface area contributed by atoms with Gasteiger partial charge in [-0.2, -0.15) is 13.5 Å². The van der Waals surface area contributed by atoms with E-state index >= 15 is 0 Å². The second-order valence-electron chi connectivity index (χ2n) is 7.57. The van der Waals surface area contributed by atoms with Crippen molar-refractivity contribution >= 4 is 13.5 Å². The summed E-state index contributed by atoms with van der Waals surface area (Å²) in [6.45, 7) is 22.5. The molecule has 1 aromatic carbocycles. The normalized spacial score (nSPS) is 19.2. The largest absolute Gasteiger partial charge is 0.405 e. The first kappa shape index (κ1) is 26.8. The monoisotopic (exact) mass is 441 g/mol. The Morgan fingerprint density at radius 1 is 1.09 bits per heavy atom. The highest BCUT2D eigenvalue weighted by atomic mass is 32.1. The zero-order valence-corrected chi connectivity index (χ0v) is 20.5. The Balaban J connectivity index is 0.00000512. The van der Waals surface area contributed by atoms with Crippen molar-refractivity contribution < 1.29 is 0 Å². The van der Waals surface area contributed by atoms with Gasteiger partial charge in [0, 0.05) is 0 Å². The lowest BCUT2D eigenvalue weighted by Crippen LogP contribution is -2.31. The second kappa shape index (κ2) is 12.0. The molecule has 0 aliphatic heterocycles. The molecule has 1 nitrogen and oxygen atoms in total. The van der Waals surface area contributed by atoms with Crippen molar-refractivity contribution in [2.24, 2.45) is 5.73 Å². The van der Waals surface area contributed by atoms with Crippen LogP contribution in [0.3, 0.4) is 0 Å². The quantitative estimate of drug-likeness (QED) is 0.390. The number of hydrogen-bond acceptors (Lipinski definition) is 1. The van der Waals surface area contributed by atoms with E-state index in [-0.39, 0.29) is 13.5 Å². The average Bonchev–Trinajstić information content (AvgIpc) is 3.07. The standard InChI is InChI=1S/C30H33N.H2S/c1-8-14-26(15-9-2)30(27-16-12-11-13-17-27)28(18-19-31)25(7)21-29(30)24(6)20-23(5)22(4)10-3;/h8-21H,1,3-4,6,31H2,2,5,7H3;1H2/b15-9-,19-18-,23-20+,26-14+;. The van der Waals surface area contributed by atoms with Gasteiger partial charge in [0.25, 0.3) is 0 Å². The fraction of sp³-hybridized carbons (Fsp3) is 0.133. The Hall–Kier alpha value is -3.23. The van der Waals surface area contributed by atoms with Gasteiger partial charge in [-0.15, -0.1) is 0 Å². The molecule has 32 heavy (non-hydrogen) atoms. The van der Waals surface area contributed by atoms with Crippen molar-refractivity contribution in [2.75, 3.05) is 0 Å². The maximum absolute atomic E-state index is 5.93. The Morgan fingerprint density at radius 2 is 1.75 bits per heavy atom. The van der Waals surface area contributed by atoms with Crippen molar-refractivity contribution in [3.8, 4) is 0 Å². The summed E-state index contributed by atoms with van der Waals surface area (Å²) < 4.78 is 0. The first-order chi connectivity index (χ1) is 14.9. The van der Waals surface area contributed by atoms with Crippen LogP contribution in [-0.4, -0.2) is 0 Å². The maximum atomic E-state index is 5.93. The molecule has 2 heteroatoms. The molecule has 0 spiro atoms. The van der Waals surface area contributed by atoms with Crippen molar-refractivity contribution in [2.45, 2.75) is 26.2 Å². The van der Waals surface area contributed by atoms with E-state index in [1.54, 1.807) is 12.3 Å². The molecule has 0 heterocycles. The van der Waals surface area contributed by atoms with E-state index in [0.717, 1.165) is 44.6 Å². The molecule has 1 atom stereocenters. The fourth-order valence-electron chi connectivity index (χ4n) is 4.21. The first-order valence-corrected chi connectivity index (χ1v) is 10.4. The van der Waals surface area contributed by atoms with Gasteiger partial charge < -0.3 is 5.73 Å². The van der Waals surface area contributed by atoms with Crippen LogP contribution in [0.1, 0.15) is 26.3 Å². The summed E-state index contributed by atoms with van der Waals surface area (Å²) >= 11 is 0. The summed E-state index contributed by atoms with van der Waals surface area (Å²) in [5, 5.41) is 0. The van der Waals surface area contributed by atoms with E-state index in [0.29, 0.717) is 0 Å². The highest BCUT2D eigenvalue weighted by Gasteiger charge is 2.45. The summed E-state index contributed by atoms with van der Waals surface area (Å²) in [4.78, 5) is 0. The molecule has 0 aromatic heterocycles. The fourth-order valence-corrected chi connectivity index (χ4v) is 4.21. The lowest BCUT2D eigenvalue weighted by molar-refractivity contribution is 0.746. The molecule has 0 bridgehead atoms. The van der Waals surface area contributed by atoms with Gasteiger partial charge in [-0.3, -0.25) is 0 Å². The zero-order valence-electron chi connectivity index (χ0n) is 19.5. The summed E-state index contributed by atoms with van der Waals surface area (Å²) in [6.07, 6.45) is 17.8. The summed E-state index contributed by atoms with van der Waals surface area (Å²) in [5.41, 5.74) is 13.8. The van der Waals surface area contributed by atoms with Gasteiger partial charge in [0.05, 0.1) is 5.41 Å². The number of rotatable bonds is 9. The minimum atomic E-state index is -0.564. The number of hydrogen-bond donors (Lipinski definition) is 1. The third-order valence-electron chi connectivity index (χ3n) is 5.63. The van der Waals surface area contributed by atoms with Crippen molar-refractivity contribution in [3.63, 3.8) is 0 Å². The minimum Gasteiger partial charge on any atom is -0.405 e. The van der Waals surface area contributed by atoms with Crippen molar-refractivity contribution in [1.29, 1.82) is 0 Å². The lowest BCUT2D eigenvalue weighted by Gasteiger charge is -2.38. The highest BCUT2D eigenvalue weighted by Crippen LogP contribution is 2.54. The lowest BCUT2D eigenvalue weighted by atomic mass is 9.63. The van der Waals surface area contributed by atoms with Gasteiger partial charge in [0.1, 0.15) is 0 Å². The molecule has 0 amide bonds. The van der Waals surface area contributed by atoms with Gasteiger partial charge in [0.2, 0.25) is 0 Å². The van der Waals surface area contributed by atoms with Gasteiger partial charge in [-0.25, -0.2) is 0 Å². The Bertz CT molecular complexity index is 1070. The van der Waals surface area contributed by atoms with E-state index in [2.05, 4.69) is 87.9 Å². The van der Waals surface area contributed by atoms with Crippen LogP contribution in [-0.2, 0) is 5.41 Å². The molecule has 2 N–H and O–H groups in total. The number of allylic oxidation sites excluding steroid dienone is 15. The van der Waals surface area contributed by atoms with Crippen LogP contribution in [0, 0.1) is 0 Å². The minimum absolute atomic E-state index is 0. The summed E-state index contributed by atoms with van der Waals surface area (Å²) in [5.74, 6) is 0. The average molecular weight is 442 g/mol. The molecule has 0 saturated carbocycles. The number of nitrogens with two attached hydrogens (primary N) is 1. The maximum Gasteiger partial charge on any atom is 0.0710 e. The van der Waals surface area contributed by atoms with Crippen LogP contribution < -0.4 is 5.73 Å². The van der Waals surface area contributed by atoms with E-state index in [1.165, 1.54) is 0 Å². The SMILES string of the molecule is C=C/C=C(\C=C/C)C1(c2ccccc2)C(C(=C)/C=C(\C)C(=C)C=C)=CC(C)=C1/C=C\N.S. The van der Waals surface area contributed by atoms with Crippen molar-refractivity contribution in [3.05, 3.63) is 156 Å². The van der Waals surface area contributed by atoms with Gasteiger partial charge in [-0.05, 0) is 77.6 Å². The molecule has 0 saturated heterocycles. The molecular weight excluding hydrogens is 406 g/mol. The third kappa shape index (κ3) is 4.98. The predicted molar refractivity (Wildman–Crippen MR) is 148 cm³/mol. The van der Waals surface area contributed by atoms with E-state index in [1.807, 2.05) is 32.1 Å². The molecule has 1 unspecified atom stereocenters. The number of benzene rings is 1. The van der Waals surface area contributed by atoms with Gasteiger partial charge >= 0.3 is 0 Å². The first-order valence-electron chi connectivity index (χ1n) is 10.4. The molecule has 2 rings (SSSR count). The molecular formula is C30H35NS. The topological polar surface area (TPSA) is 26.0 Å². The zero-order chi connectivity index (χ0) is 23.0. The van der Waals surface area contributed by atoms with E-state index < -0.39 is 5.41 Å². The van der Waals surface area contributed by atoms with E-state index in [4.69, 9.17) is 5.73 Å². The molecule has 0 fully saturated rings. The molecule has 1 aromatic rings. The highest BCUT2D eigenvalue weighted by molar-refractivity contribution is 7.59. The predicted octanol–water partition coefficient (Wildman–Crippen LogP) is 7.70. The smallest absolute Gasteiger partial charge is 0.0710 e. The van der Waals surface area contributed by atoms with Crippen molar-refractivity contribution in [1.82, 2.24) is 0 Å². The van der Waals surface area contributed by atoms with Gasteiger partial charge in [-0.1, -0.05) is 99.2 Å². The van der Waals surface area contributed by atoms with Crippen LogP contribution in [0.25, 0.3) is 0 Å². The second-order valence-corrected chi connectivity index (χ2v) is 7.57. The van der Waals surface area contributed by atoms with E-state index in [9.17, 15) is 0 Å². The van der Waals surface area contributed by atoms with Crippen LogP contribution in [0.4, 0.5) is 0 Å². The third-order valence-corrected chi connectivity index (χ3v) is 5.63. The Kier molecular flexibility index (Phi) is 10.0. The molecule has 166 valence electrons. The van der Waals surface area contributed by atoms with Crippen LogP contribution >= 0.6 is 13.5 Å². The Morgan fingerprint density at radius 3 is 2.28 bits per heavy atom. The summed E-state index contributed by atoms with van der Waals surface area (Å²) in [6, 6.07) is 10.5. The van der Waals surface area contributed by atoms with Crippen LogP contribution in [0.2, 0.25) is 0 Å². The van der Waals surface area contributed by atoms with Crippen LogP contribution in [0.15, 0.2) is 150 Å².